The van der Waals surface area contributed by atoms with Crippen LogP contribution in [0.5, 0.6) is 0 Å². The van der Waals surface area contributed by atoms with Crippen LogP contribution >= 0.6 is 0 Å². The molecule has 0 bridgehead atoms. The van der Waals surface area contributed by atoms with Gasteiger partial charge in [0, 0.05) is 41.7 Å². The number of nitrogens with zero attached hydrogens (tertiary/aromatic N) is 3. The smallest absolute Gasteiger partial charge is 0.254 e. The Labute approximate surface area is 215 Å². The zero-order chi connectivity index (χ0) is 25.8. The number of benzene rings is 3. The Morgan fingerprint density at radius 3 is 2.35 bits per heavy atom. The van der Waals surface area contributed by atoms with Crippen molar-refractivity contribution < 1.29 is 14.3 Å². The van der Waals surface area contributed by atoms with Gasteiger partial charge in [-0.05, 0) is 60.0 Å². The van der Waals surface area contributed by atoms with E-state index < -0.39 is 5.91 Å². The number of hydrogen-bond donors (Lipinski definition) is 2. The summed E-state index contributed by atoms with van der Waals surface area (Å²) in [6.45, 7) is 4.35. The first-order valence-electron chi connectivity index (χ1n) is 12.1. The summed E-state index contributed by atoms with van der Waals surface area (Å²) in [5.41, 5.74) is 11.8. The SMILES string of the molecule is Cc1c(-c2ccnc(Nc3ccc(C(=O)N4CCOCC4)cc3)n2)cccc1-c1ccccc1C(N)=O. The van der Waals surface area contributed by atoms with Crippen molar-refractivity contribution in [1.82, 2.24) is 14.9 Å². The zero-order valence-electron chi connectivity index (χ0n) is 20.5. The van der Waals surface area contributed by atoms with Crippen LogP contribution in [-0.4, -0.2) is 53.0 Å². The zero-order valence-corrected chi connectivity index (χ0v) is 20.5. The summed E-state index contributed by atoms with van der Waals surface area (Å²) in [7, 11) is 0. The standard InChI is InChI=1S/C29H27N5O3/c1-19-22(24-5-2-3-6-25(24)27(30)35)7-4-8-23(19)26-13-14-31-29(33-26)32-21-11-9-20(10-12-21)28(36)34-15-17-37-18-16-34/h2-14H,15-18H2,1H3,(H2,30,35)(H,31,32,33). The molecule has 1 aromatic heterocycles. The molecule has 37 heavy (non-hydrogen) atoms. The lowest BCUT2D eigenvalue weighted by atomic mass is 9.92. The molecular weight excluding hydrogens is 466 g/mol. The Morgan fingerprint density at radius 2 is 1.59 bits per heavy atom. The first-order chi connectivity index (χ1) is 18.0. The van der Waals surface area contributed by atoms with Gasteiger partial charge in [0.25, 0.3) is 5.91 Å². The van der Waals surface area contributed by atoms with Crippen LogP contribution in [-0.2, 0) is 4.74 Å². The van der Waals surface area contributed by atoms with E-state index >= 15 is 0 Å². The molecule has 4 aromatic rings. The van der Waals surface area contributed by atoms with E-state index in [1.54, 1.807) is 35.4 Å². The first kappa shape index (κ1) is 24.1. The number of rotatable bonds is 6. The van der Waals surface area contributed by atoms with Crippen molar-refractivity contribution in [2.75, 3.05) is 31.6 Å². The molecule has 0 aliphatic carbocycles. The topological polar surface area (TPSA) is 110 Å². The molecule has 3 N–H and O–H groups in total. The van der Waals surface area contributed by atoms with Gasteiger partial charge < -0.3 is 20.7 Å². The molecule has 186 valence electrons. The van der Waals surface area contributed by atoms with Crippen LogP contribution in [0.15, 0.2) is 79.0 Å². The van der Waals surface area contributed by atoms with Crippen molar-refractivity contribution >= 4 is 23.5 Å². The highest BCUT2D eigenvalue weighted by atomic mass is 16.5. The van der Waals surface area contributed by atoms with Gasteiger partial charge in [-0.25, -0.2) is 9.97 Å². The molecule has 1 aliphatic rings. The quantitative estimate of drug-likeness (QED) is 0.411. The third-order valence-electron chi connectivity index (χ3n) is 6.43. The van der Waals surface area contributed by atoms with Crippen LogP contribution in [0.1, 0.15) is 26.3 Å². The Bertz CT molecular complexity index is 1450. The highest BCUT2D eigenvalue weighted by Gasteiger charge is 2.18. The lowest BCUT2D eigenvalue weighted by molar-refractivity contribution is 0.0303. The van der Waals surface area contributed by atoms with E-state index in [2.05, 4.69) is 10.3 Å². The second-order valence-corrected chi connectivity index (χ2v) is 8.76. The number of hydrogen-bond acceptors (Lipinski definition) is 6. The van der Waals surface area contributed by atoms with Crippen LogP contribution in [0.3, 0.4) is 0 Å². The van der Waals surface area contributed by atoms with Crippen LogP contribution < -0.4 is 11.1 Å². The number of nitrogens with two attached hydrogens (primary N) is 1. The molecule has 8 heteroatoms. The van der Waals surface area contributed by atoms with Crippen molar-refractivity contribution in [3.05, 3.63) is 95.7 Å². The molecule has 8 nitrogen and oxygen atoms in total. The predicted molar refractivity (Wildman–Crippen MR) is 143 cm³/mol. The van der Waals surface area contributed by atoms with Crippen LogP contribution in [0, 0.1) is 6.92 Å². The second kappa shape index (κ2) is 10.6. The van der Waals surface area contributed by atoms with E-state index in [1.165, 1.54) is 0 Å². The van der Waals surface area contributed by atoms with Gasteiger partial charge in [0.05, 0.1) is 18.9 Å². The fraction of sp³-hybridized carbons (Fsp3) is 0.172. The molecule has 3 aromatic carbocycles. The maximum Gasteiger partial charge on any atom is 0.254 e. The van der Waals surface area contributed by atoms with Crippen LogP contribution in [0.4, 0.5) is 11.6 Å². The van der Waals surface area contributed by atoms with Gasteiger partial charge in [0.1, 0.15) is 0 Å². The summed E-state index contributed by atoms with van der Waals surface area (Å²) in [5.74, 6) is -0.0277. The molecule has 0 unspecified atom stereocenters. The highest BCUT2D eigenvalue weighted by Crippen LogP contribution is 2.33. The largest absolute Gasteiger partial charge is 0.378 e. The molecule has 2 amide bonds. The van der Waals surface area contributed by atoms with E-state index in [0.29, 0.717) is 43.4 Å². The lowest BCUT2D eigenvalue weighted by Gasteiger charge is -2.26. The van der Waals surface area contributed by atoms with Crippen molar-refractivity contribution in [1.29, 1.82) is 0 Å². The molecule has 1 aliphatic heterocycles. The summed E-state index contributed by atoms with van der Waals surface area (Å²) < 4.78 is 5.33. The molecular formula is C29H27N5O3. The molecule has 0 saturated carbocycles. The monoisotopic (exact) mass is 493 g/mol. The minimum Gasteiger partial charge on any atom is -0.378 e. The molecule has 0 atom stereocenters. The highest BCUT2D eigenvalue weighted by molar-refractivity contribution is 6.00. The Morgan fingerprint density at radius 1 is 0.892 bits per heavy atom. The average molecular weight is 494 g/mol. The predicted octanol–water partition coefficient (Wildman–Crippen LogP) is 4.43. The minimum atomic E-state index is -0.466. The second-order valence-electron chi connectivity index (χ2n) is 8.76. The van der Waals surface area contributed by atoms with E-state index in [9.17, 15) is 9.59 Å². The summed E-state index contributed by atoms with van der Waals surface area (Å²) in [4.78, 5) is 35.6. The van der Waals surface area contributed by atoms with E-state index in [4.69, 9.17) is 15.5 Å². The molecule has 1 fully saturated rings. The molecule has 0 radical (unpaired) electrons. The summed E-state index contributed by atoms with van der Waals surface area (Å²) >= 11 is 0. The Kier molecular flexibility index (Phi) is 6.91. The maximum atomic E-state index is 12.7. The van der Waals surface area contributed by atoms with Gasteiger partial charge in [-0.1, -0.05) is 36.4 Å². The number of anilines is 2. The van der Waals surface area contributed by atoms with Crippen LogP contribution in [0.25, 0.3) is 22.4 Å². The van der Waals surface area contributed by atoms with Gasteiger partial charge >= 0.3 is 0 Å². The van der Waals surface area contributed by atoms with E-state index in [0.717, 1.165) is 33.6 Å². The third-order valence-corrected chi connectivity index (χ3v) is 6.43. The summed E-state index contributed by atoms with van der Waals surface area (Å²) in [6.07, 6.45) is 1.70. The maximum absolute atomic E-state index is 12.7. The number of carbonyl (C=O) groups excluding carboxylic acids is 2. The normalized spacial score (nSPS) is 13.3. The molecule has 2 heterocycles. The number of primary amides is 1. The number of aromatic nitrogens is 2. The average Bonchev–Trinajstić information content (AvgIpc) is 2.94. The summed E-state index contributed by atoms with van der Waals surface area (Å²) in [5, 5.41) is 3.22. The number of carbonyl (C=O) groups is 2. The number of amides is 2. The number of nitrogens with one attached hydrogen (secondary N) is 1. The Balaban J connectivity index is 1.38. The van der Waals surface area contributed by atoms with Gasteiger partial charge in [0.2, 0.25) is 11.9 Å². The third kappa shape index (κ3) is 5.19. The number of morpholine rings is 1. The van der Waals surface area contributed by atoms with Gasteiger partial charge in [-0.15, -0.1) is 0 Å². The fourth-order valence-electron chi connectivity index (χ4n) is 4.48. The van der Waals surface area contributed by atoms with Crippen molar-refractivity contribution in [3.63, 3.8) is 0 Å². The fourth-order valence-corrected chi connectivity index (χ4v) is 4.48. The van der Waals surface area contributed by atoms with Crippen molar-refractivity contribution in [2.45, 2.75) is 6.92 Å². The van der Waals surface area contributed by atoms with Gasteiger partial charge in [-0.3, -0.25) is 9.59 Å². The number of ether oxygens (including phenoxy) is 1. The first-order valence-corrected chi connectivity index (χ1v) is 12.1. The van der Waals surface area contributed by atoms with E-state index in [-0.39, 0.29) is 5.91 Å². The van der Waals surface area contributed by atoms with Gasteiger partial charge in [-0.2, -0.15) is 0 Å². The van der Waals surface area contributed by atoms with Gasteiger partial charge in [0.15, 0.2) is 0 Å². The minimum absolute atomic E-state index is 0.00126. The summed E-state index contributed by atoms with van der Waals surface area (Å²) in [6, 6.07) is 22.4. The van der Waals surface area contributed by atoms with Crippen molar-refractivity contribution in [2.24, 2.45) is 5.73 Å². The lowest BCUT2D eigenvalue weighted by Crippen LogP contribution is -2.40. The molecule has 1 saturated heterocycles. The Hall–Kier alpha value is -4.56. The van der Waals surface area contributed by atoms with E-state index in [1.807, 2.05) is 55.5 Å². The molecule has 5 rings (SSSR count). The van der Waals surface area contributed by atoms with Crippen molar-refractivity contribution in [3.8, 4) is 22.4 Å². The molecule has 0 spiro atoms. The van der Waals surface area contributed by atoms with Crippen LogP contribution in [0.2, 0.25) is 0 Å².